The van der Waals surface area contributed by atoms with Crippen LogP contribution in [-0.2, 0) is 19.8 Å². The zero-order chi connectivity index (χ0) is 36.5. The number of carboxylic acid groups (broad SMARTS) is 1. The van der Waals surface area contributed by atoms with Crippen molar-refractivity contribution in [3.05, 3.63) is 121 Å². The molecule has 2 aliphatic rings. The number of piperazine rings is 2. The van der Waals surface area contributed by atoms with Crippen molar-refractivity contribution in [3.63, 3.8) is 0 Å². The third-order valence-electron chi connectivity index (χ3n) is 9.85. The Kier molecular flexibility index (Phi) is 9.57. The maximum atomic E-state index is 15.5. The molecule has 270 valence electrons. The molecule has 7 rings (SSSR count). The molecule has 0 atom stereocenters. The number of para-hydroxylation sites is 1. The summed E-state index contributed by atoms with van der Waals surface area (Å²) in [6.45, 7) is 7.79. The lowest BCUT2D eigenvalue weighted by molar-refractivity contribution is -0.384. The Morgan fingerprint density at radius 2 is 1.54 bits per heavy atom. The minimum atomic E-state index is -1.35. The fraction of sp³-hybridized carbons (Fsp3) is 0.333. The van der Waals surface area contributed by atoms with Crippen molar-refractivity contribution in [1.29, 1.82) is 0 Å². The van der Waals surface area contributed by atoms with Crippen LogP contribution in [0.3, 0.4) is 0 Å². The van der Waals surface area contributed by atoms with Gasteiger partial charge in [-0.15, -0.1) is 0 Å². The number of hydrogen-bond donors (Lipinski definition) is 1. The van der Waals surface area contributed by atoms with Crippen molar-refractivity contribution in [2.45, 2.75) is 26.7 Å². The number of rotatable bonds is 10. The molecule has 0 unspecified atom stereocenters. The van der Waals surface area contributed by atoms with Crippen molar-refractivity contribution in [3.8, 4) is 5.69 Å². The van der Waals surface area contributed by atoms with Crippen LogP contribution in [0.25, 0.3) is 16.6 Å². The van der Waals surface area contributed by atoms with E-state index in [1.54, 1.807) is 27.3 Å². The van der Waals surface area contributed by atoms with E-state index in [0.29, 0.717) is 56.3 Å². The summed E-state index contributed by atoms with van der Waals surface area (Å²) >= 11 is 0. The zero-order valence-electron chi connectivity index (χ0n) is 28.6. The average Bonchev–Trinajstić information content (AvgIpc) is 3.45. The number of aryl methyl sites for hydroxylation is 1. The second-order valence-corrected chi connectivity index (χ2v) is 12.9. The highest BCUT2D eigenvalue weighted by molar-refractivity contribution is 5.93. The van der Waals surface area contributed by atoms with Gasteiger partial charge in [0.25, 0.3) is 5.69 Å². The van der Waals surface area contributed by atoms with Gasteiger partial charge in [0, 0.05) is 88.3 Å². The van der Waals surface area contributed by atoms with Gasteiger partial charge in [-0.3, -0.25) is 24.7 Å². The summed E-state index contributed by atoms with van der Waals surface area (Å²) in [5.41, 5.74) is 1.13. The molecule has 0 bridgehead atoms. The number of non-ortho nitro benzene ring substituents is 1. The molecule has 16 heteroatoms. The number of nitro groups is 1. The molecule has 2 aliphatic heterocycles. The molecule has 0 radical (unpaired) electrons. The van der Waals surface area contributed by atoms with Gasteiger partial charge >= 0.3 is 11.7 Å². The summed E-state index contributed by atoms with van der Waals surface area (Å²) in [6, 6.07) is 18.7. The standard InChI is InChI=1S/C36H38FN9O6/c1-2-41-22-29(35(48)49)34(47)28-20-30(37)32(21-31(28)41)43-18-14-40(15-19-43)24-44-36(50)45(26-6-4-3-5-7-26)33(38-44)23-39-12-16-42(17-13-39)25-8-10-27(11-9-25)46(51)52/h3-11,20-22H,2,12-19,23-24H2,1H3,(H,48,49). The Morgan fingerprint density at radius 3 is 2.17 bits per heavy atom. The van der Waals surface area contributed by atoms with Crippen LogP contribution in [0.1, 0.15) is 23.1 Å². The number of carbonyl (C=O) groups is 1. The van der Waals surface area contributed by atoms with Crippen molar-refractivity contribution >= 4 is 33.9 Å². The first-order chi connectivity index (χ1) is 25.1. The van der Waals surface area contributed by atoms with E-state index in [4.69, 9.17) is 5.10 Å². The van der Waals surface area contributed by atoms with Crippen LogP contribution < -0.4 is 20.9 Å². The molecular formula is C36H38FN9O6. The monoisotopic (exact) mass is 711 g/mol. The topological polar surface area (TPSA) is 155 Å². The van der Waals surface area contributed by atoms with E-state index in [9.17, 15) is 29.6 Å². The van der Waals surface area contributed by atoms with E-state index in [0.717, 1.165) is 43.6 Å². The van der Waals surface area contributed by atoms with Gasteiger partial charge in [0.05, 0.1) is 35.0 Å². The summed E-state index contributed by atoms with van der Waals surface area (Å²) in [4.78, 5) is 57.3. The molecule has 2 aromatic heterocycles. The maximum Gasteiger partial charge on any atom is 0.351 e. The van der Waals surface area contributed by atoms with Gasteiger partial charge in [-0.1, -0.05) is 18.2 Å². The lowest BCUT2D eigenvalue weighted by atomic mass is 10.1. The lowest BCUT2D eigenvalue weighted by Gasteiger charge is -2.36. The molecule has 52 heavy (non-hydrogen) atoms. The highest BCUT2D eigenvalue weighted by Gasteiger charge is 2.26. The molecule has 2 saturated heterocycles. The minimum Gasteiger partial charge on any atom is -0.477 e. The van der Waals surface area contributed by atoms with Gasteiger partial charge in [0.2, 0.25) is 5.43 Å². The smallest absolute Gasteiger partial charge is 0.351 e. The molecule has 1 N–H and O–H groups in total. The van der Waals surface area contributed by atoms with E-state index in [1.807, 2.05) is 42.2 Å². The molecule has 0 amide bonds. The van der Waals surface area contributed by atoms with Crippen molar-refractivity contribution in [1.82, 2.24) is 28.7 Å². The summed E-state index contributed by atoms with van der Waals surface area (Å²) in [5.74, 6) is -1.33. The molecule has 3 aromatic carbocycles. The van der Waals surface area contributed by atoms with E-state index in [2.05, 4.69) is 14.7 Å². The van der Waals surface area contributed by atoms with Crippen LogP contribution >= 0.6 is 0 Å². The number of aromatic nitrogens is 4. The molecule has 15 nitrogen and oxygen atoms in total. The molecule has 0 spiro atoms. The lowest BCUT2D eigenvalue weighted by Crippen LogP contribution is -2.48. The van der Waals surface area contributed by atoms with Gasteiger partial charge in [-0.05, 0) is 43.3 Å². The van der Waals surface area contributed by atoms with Gasteiger partial charge < -0.3 is 19.5 Å². The Morgan fingerprint density at radius 1 is 0.885 bits per heavy atom. The van der Waals surface area contributed by atoms with Gasteiger partial charge in [0.1, 0.15) is 11.4 Å². The first kappa shape index (κ1) is 34.6. The number of fused-ring (bicyclic) bond motifs is 1. The van der Waals surface area contributed by atoms with Crippen molar-refractivity contribution in [2.24, 2.45) is 0 Å². The van der Waals surface area contributed by atoms with Crippen LogP contribution in [-0.4, -0.2) is 97.1 Å². The van der Waals surface area contributed by atoms with Crippen molar-refractivity contribution in [2.75, 3.05) is 62.2 Å². The number of nitro benzene ring substituents is 1. The van der Waals surface area contributed by atoms with Gasteiger partial charge in [-0.25, -0.2) is 18.5 Å². The highest BCUT2D eigenvalue weighted by atomic mass is 19.1. The summed E-state index contributed by atoms with van der Waals surface area (Å²) in [7, 11) is 0. The first-order valence-corrected chi connectivity index (χ1v) is 17.1. The minimum absolute atomic E-state index is 0.0252. The van der Waals surface area contributed by atoms with Crippen LogP contribution in [0.4, 0.5) is 21.5 Å². The predicted octanol–water partition coefficient (Wildman–Crippen LogP) is 3.22. The first-order valence-electron chi connectivity index (χ1n) is 17.1. The van der Waals surface area contributed by atoms with E-state index in [1.165, 1.54) is 23.0 Å². The third-order valence-corrected chi connectivity index (χ3v) is 9.85. The molecule has 2 fully saturated rings. The van der Waals surface area contributed by atoms with Crippen LogP contribution in [0.2, 0.25) is 0 Å². The fourth-order valence-corrected chi connectivity index (χ4v) is 7.01. The second kappa shape index (κ2) is 14.4. The second-order valence-electron chi connectivity index (χ2n) is 12.9. The molecule has 0 aliphatic carbocycles. The molecule has 0 saturated carbocycles. The van der Waals surface area contributed by atoms with Gasteiger partial charge in [-0.2, -0.15) is 9.78 Å². The number of nitrogens with zero attached hydrogens (tertiary/aromatic N) is 9. The summed E-state index contributed by atoms with van der Waals surface area (Å²) in [5, 5.41) is 25.4. The van der Waals surface area contributed by atoms with Crippen molar-refractivity contribution < 1.29 is 19.2 Å². The van der Waals surface area contributed by atoms with Crippen LogP contribution in [0.15, 0.2) is 82.5 Å². The maximum absolute atomic E-state index is 15.5. The summed E-state index contributed by atoms with van der Waals surface area (Å²) < 4.78 is 20.2. The number of anilines is 2. The fourth-order valence-electron chi connectivity index (χ4n) is 7.01. The summed E-state index contributed by atoms with van der Waals surface area (Å²) in [6.07, 6.45) is 1.30. The predicted molar refractivity (Wildman–Crippen MR) is 193 cm³/mol. The van der Waals surface area contributed by atoms with E-state index in [-0.39, 0.29) is 23.4 Å². The Labute approximate surface area is 297 Å². The van der Waals surface area contributed by atoms with E-state index < -0.39 is 27.7 Å². The average molecular weight is 712 g/mol. The molecular weight excluding hydrogens is 673 g/mol. The third kappa shape index (κ3) is 6.77. The number of carboxylic acids is 1. The van der Waals surface area contributed by atoms with Gasteiger partial charge in [0.15, 0.2) is 5.82 Å². The Bertz CT molecular complexity index is 2240. The largest absolute Gasteiger partial charge is 0.477 e. The van der Waals surface area contributed by atoms with Crippen LogP contribution in [0.5, 0.6) is 0 Å². The number of aromatic carboxylic acids is 1. The Balaban J connectivity index is 1.05. The zero-order valence-corrected chi connectivity index (χ0v) is 28.6. The molecule has 5 aromatic rings. The quantitative estimate of drug-likeness (QED) is 0.168. The number of benzene rings is 3. The SMILES string of the molecule is CCn1cc(C(=O)O)c(=O)c2cc(F)c(N3CCN(Cn4nc(CN5CCN(c6ccc([N+](=O)[O-])cc6)CC5)n(-c5ccccc5)c4=O)CC3)cc21. The number of hydrogen-bond acceptors (Lipinski definition) is 10. The number of halogens is 1. The normalized spacial score (nSPS) is 15.7. The molecule has 4 heterocycles. The number of pyridine rings is 1. The van der Waals surface area contributed by atoms with Crippen LogP contribution in [0, 0.1) is 15.9 Å². The van der Waals surface area contributed by atoms with E-state index >= 15 is 4.39 Å². The Hall–Kier alpha value is -5.87. The highest BCUT2D eigenvalue weighted by Crippen LogP contribution is 2.27.